The summed E-state index contributed by atoms with van der Waals surface area (Å²) in [6.45, 7) is 2.57. The van der Waals surface area contributed by atoms with Gasteiger partial charge in [-0.2, -0.15) is 0 Å². The summed E-state index contributed by atoms with van der Waals surface area (Å²) in [5, 5.41) is 3.41. The van der Waals surface area contributed by atoms with Crippen molar-refractivity contribution in [3.63, 3.8) is 0 Å². The average molecular weight is 321 g/mol. The smallest absolute Gasteiger partial charge is 0.139 e. The van der Waals surface area contributed by atoms with Gasteiger partial charge in [0.25, 0.3) is 0 Å². The van der Waals surface area contributed by atoms with E-state index in [1.54, 1.807) is 18.4 Å². The van der Waals surface area contributed by atoms with Gasteiger partial charge in [0.15, 0.2) is 0 Å². The van der Waals surface area contributed by atoms with Crippen molar-refractivity contribution < 1.29 is 8.81 Å². The number of hydrogen-bond donors (Lipinski definition) is 1. The summed E-state index contributed by atoms with van der Waals surface area (Å²) in [6.07, 6.45) is 1.65. The van der Waals surface area contributed by atoms with Crippen LogP contribution in [0, 0.1) is 12.7 Å². The van der Waals surface area contributed by atoms with Gasteiger partial charge in [0.1, 0.15) is 28.7 Å². The van der Waals surface area contributed by atoms with E-state index in [0.29, 0.717) is 6.54 Å². The van der Waals surface area contributed by atoms with Crippen LogP contribution in [0.2, 0.25) is 0 Å². The predicted molar refractivity (Wildman–Crippen MR) is 91.4 cm³/mol. The number of nitrogens with one attached hydrogen (secondary N) is 1. The van der Waals surface area contributed by atoms with E-state index in [-0.39, 0.29) is 5.82 Å². The number of anilines is 1. The Kier molecular flexibility index (Phi) is 3.54. The van der Waals surface area contributed by atoms with E-state index in [2.05, 4.69) is 9.72 Å². The minimum Gasteiger partial charge on any atom is -0.467 e. The molecule has 3 heterocycles. The normalized spacial score (nSPS) is 11.1. The highest BCUT2D eigenvalue weighted by Gasteiger charge is 2.15. The first-order valence-electron chi connectivity index (χ1n) is 7.72. The predicted octanol–water partition coefficient (Wildman–Crippen LogP) is 4.65. The fourth-order valence-corrected chi connectivity index (χ4v) is 2.81. The van der Waals surface area contributed by atoms with Crippen LogP contribution >= 0.6 is 0 Å². The molecule has 0 atom stereocenters. The quantitative estimate of drug-likeness (QED) is 0.595. The van der Waals surface area contributed by atoms with Crippen LogP contribution in [0.1, 0.15) is 11.5 Å². The van der Waals surface area contributed by atoms with Crippen molar-refractivity contribution in [2.24, 2.45) is 0 Å². The Bertz CT molecular complexity index is 972. The molecule has 4 nitrogen and oxygen atoms in total. The molecule has 0 fully saturated rings. The van der Waals surface area contributed by atoms with Crippen molar-refractivity contribution >= 4 is 11.5 Å². The highest BCUT2D eigenvalue weighted by atomic mass is 19.1. The minimum atomic E-state index is -0.260. The summed E-state index contributed by atoms with van der Waals surface area (Å²) in [4.78, 5) is 4.72. The first kappa shape index (κ1) is 14.5. The molecule has 4 aromatic rings. The molecule has 1 N–H and O–H groups in total. The number of furan rings is 1. The van der Waals surface area contributed by atoms with Crippen LogP contribution in [-0.4, -0.2) is 9.38 Å². The Morgan fingerprint density at radius 2 is 1.92 bits per heavy atom. The third kappa shape index (κ3) is 2.54. The fraction of sp³-hybridized carbons (Fsp3) is 0.105. The molecule has 0 radical (unpaired) electrons. The van der Waals surface area contributed by atoms with Crippen molar-refractivity contribution in [1.29, 1.82) is 0 Å². The van der Waals surface area contributed by atoms with Crippen molar-refractivity contribution in [3.05, 3.63) is 78.1 Å². The second-order valence-electron chi connectivity index (χ2n) is 5.61. The summed E-state index contributed by atoms with van der Waals surface area (Å²) >= 11 is 0. The molecule has 0 aliphatic rings. The van der Waals surface area contributed by atoms with E-state index in [9.17, 15) is 4.39 Å². The van der Waals surface area contributed by atoms with Gasteiger partial charge >= 0.3 is 0 Å². The maximum atomic E-state index is 13.3. The summed E-state index contributed by atoms with van der Waals surface area (Å²) in [6, 6.07) is 16.1. The maximum absolute atomic E-state index is 13.3. The molecule has 120 valence electrons. The first-order chi connectivity index (χ1) is 11.7. The summed E-state index contributed by atoms with van der Waals surface area (Å²) in [5.41, 5.74) is 3.56. The molecule has 3 aromatic heterocycles. The number of fused-ring (bicyclic) bond motifs is 1. The van der Waals surface area contributed by atoms with Crippen molar-refractivity contribution in [2.75, 3.05) is 5.32 Å². The molecule has 0 unspecified atom stereocenters. The van der Waals surface area contributed by atoms with Crippen molar-refractivity contribution in [1.82, 2.24) is 9.38 Å². The number of imidazole rings is 1. The molecule has 24 heavy (non-hydrogen) atoms. The molecular formula is C19H16FN3O. The van der Waals surface area contributed by atoms with Crippen LogP contribution in [0.25, 0.3) is 16.9 Å². The average Bonchev–Trinajstić information content (AvgIpc) is 3.21. The summed E-state index contributed by atoms with van der Waals surface area (Å²) < 4.78 is 20.7. The highest BCUT2D eigenvalue weighted by Crippen LogP contribution is 2.30. The van der Waals surface area contributed by atoms with E-state index < -0.39 is 0 Å². The SMILES string of the molecule is Cc1cccc2nc(-c3ccc(F)cc3)c(NCc3ccco3)n12. The molecule has 0 aliphatic carbocycles. The third-order valence-electron chi connectivity index (χ3n) is 3.97. The van der Waals surface area contributed by atoms with E-state index >= 15 is 0 Å². The van der Waals surface area contributed by atoms with Gasteiger partial charge in [0, 0.05) is 11.3 Å². The maximum Gasteiger partial charge on any atom is 0.139 e. The van der Waals surface area contributed by atoms with Crippen LogP contribution < -0.4 is 5.32 Å². The van der Waals surface area contributed by atoms with Crippen LogP contribution in [0.4, 0.5) is 10.2 Å². The lowest BCUT2D eigenvalue weighted by molar-refractivity contribution is 0.517. The van der Waals surface area contributed by atoms with E-state index in [0.717, 1.165) is 34.2 Å². The first-order valence-corrected chi connectivity index (χ1v) is 7.72. The molecule has 0 saturated carbocycles. The fourth-order valence-electron chi connectivity index (χ4n) is 2.81. The molecular weight excluding hydrogens is 305 g/mol. The number of pyridine rings is 1. The lowest BCUT2D eigenvalue weighted by Crippen LogP contribution is -2.04. The van der Waals surface area contributed by atoms with Gasteiger partial charge in [-0.1, -0.05) is 6.07 Å². The van der Waals surface area contributed by atoms with Gasteiger partial charge in [0.2, 0.25) is 0 Å². The zero-order valence-corrected chi connectivity index (χ0v) is 13.2. The molecule has 1 aromatic carbocycles. The zero-order valence-electron chi connectivity index (χ0n) is 13.2. The molecule has 0 spiro atoms. The van der Waals surface area contributed by atoms with Gasteiger partial charge in [-0.05, 0) is 55.5 Å². The molecule has 0 aliphatic heterocycles. The molecule has 0 bridgehead atoms. The van der Waals surface area contributed by atoms with Gasteiger partial charge in [-0.15, -0.1) is 0 Å². The van der Waals surface area contributed by atoms with E-state index in [1.165, 1.54) is 12.1 Å². The van der Waals surface area contributed by atoms with Gasteiger partial charge in [-0.3, -0.25) is 4.40 Å². The van der Waals surface area contributed by atoms with Crippen molar-refractivity contribution in [3.8, 4) is 11.3 Å². The van der Waals surface area contributed by atoms with Crippen LogP contribution in [0.3, 0.4) is 0 Å². The molecule has 0 saturated heterocycles. The molecule has 5 heteroatoms. The second-order valence-corrected chi connectivity index (χ2v) is 5.61. The van der Waals surface area contributed by atoms with Gasteiger partial charge in [0.05, 0.1) is 12.8 Å². The number of aromatic nitrogens is 2. The van der Waals surface area contributed by atoms with Crippen LogP contribution in [0.15, 0.2) is 65.3 Å². The Balaban J connectivity index is 1.83. The van der Waals surface area contributed by atoms with E-state index in [4.69, 9.17) is 9.40 Å². The van der Waals surface area contributed by atoms with Crippen LogP contribution in [-0.2, 0) is 6.54 Å². The number of rotatable bonds is 4. The zero-order chi connectivity index (χ0) is 16.5. The lowest BCUT2D eigenvalue weighted by Gasteiger charge is -2.09. The molecule has 0 amide bonds. The summed E-state index contributed by atoms with van der Waals surface area (Å²) in [7, 11) is 0. The van der Waals surface area contributed by atoms with E-state index in [1.807, 2.05) is 37.3 Å². The number of hydrogen-bond acceptors (Lipinski definition) is 3. The minimum absolute atomic E-state index is 0.260. The number of benzene rings is 1. The Morgan fingerprint density at radius 3 is 2.67 bits per heavy atom. The summed E-state index contributed by atoms with van der Waals surface area (Å²) in [5.74, 6) is 1.44. The van der Waals surface area contributed by atoms with Crippen LogP contribution in [0.5, 0.6) is 0 Å². The number of aryl methyl sites for hydroxylation is 1. The Morgan fingerprint density at radius 1 is 1.08 bits per heavy atom. The Labute approximate surface area is 138 Å². The monoisotopic (exact) mass is 321 g/mol. The molecule has 4 rings (SSSR count). The topological polar surface area (TPSA) is 42.5 Å². The lowest BCUT2D eigenvalue weighted by atomic mass is 10.1. The van der Waals surface area contributed by atoms with Gasteiger partial charge < -0.3 is 9.73 Å². The van der Waals surface area contributed by atoms with Crippen molar-refractivity contribution in [2.45, 2.75) is 13.5 Å². The second kappa shape index (κ2) is 5.85. The number of halogens is 1. The standard InChI is InChI=1S/C19H16FN3O/c1-13-4-2-6-17-22-18(14-7-9-15(20)10-8-14)19(23(13)17)21-12-16-5-3-11-24-16/h2-11,21H,12H2,1H3. The largest absolute Gasteiger partial charge is 0.467 e. The third-order valence-corrected chi connectivity index (χ3v) is 3.97. The number of nitrogens with zero attached hydrogens (tertiary/aromatic N) is 2. The Hall–Kier alpha value is -3.08. The van der Waals surface area contributed by atoms with Gasteiger partial charge in [-0.25, -0.2) is 9.37 Å². The highest BCUT2D eigenvalue weighted by molar-refractivity contribution is 5.76.